The first-order valence-electron chi connectivity index (χ1n) is 13.5. The molecular weight excluding hydrogens is 469 g/mol. The Balaban J connectivity index is 3.75. The molecule has 0 aromatic carbocycles. The van der Waals surface area contributed by atoms with E-state index in [0.717, 1.165) is 32.1 Å². The van der Waals surface area contributed by atoms with Crippen molar-refractivity contribution in [1.82, 2.24) is 0 Å². The fraction of sp³-hybridized carbons (Fsp3) is 0.885. The Labute approximate surface area is 214 Å². The highest BCUT2D eigenvalue weighted by Gasteiger charge is 2.19. The SMILES string of the molecule is CCCCCCCC/C=C/CCCCCCCC(=O)O[C@@H](CO)COP(=O)([O-])OCC[N+](C)(C)C. The number of phosphoric ester groups is 1. The molecule has 1 unspecified atom stereocenters. The second-order valence-electron chi connectivity index (χ2n) is 10.2. The summed E-state index contributed by atoms with van der Waals surface area (Å²) >= 11 is 0. The lowest BCUT2D eigenvalue weighted by Gasteiger charge is -2.28. The van der Waals surface area contributed by atoms with Gasteiger partial charge in [-0.2, -0.15) is 0 Å². The molecule has 0 heterocycles. The predicted octanol–water partition coefficient (Wildman–Crippen LogP) is 5.14. The number of aliphatic hydroxyl groups excluding tert-OH is 1. The monoisotopic (exact) mass is 521 g/mol. The Kier molecular flexibility index (Phi) is 20.9. The molecule has 9 heteroatoms. The van der Waals surface area contributed by atoms with Gasteiger partial charge in [-0.15, -0.1) is 0 Å². The van der Waals surface area contributed by atoms with Crippen molar-refractivity contribution in [3.8, 4) is 0 Å². The van der Waals surface area contributed by atoms with Crippen molar-refractivity contribution in [3.05, 3.63) is 12.2 Å². The van der Waals surface area contributed by atoms with Gasteiger partial charge in [0, 0.05) is 6.42 Å². The zero-order chi connectivity index (χ0) is 26.4. The number of hydrogen-bond acceptors (Lipinski definition) is 7. The third kappa shape index (κ3) is 24.7. The van der Waals surface area contributed by atoms with Crippen LogP contribution in [0.1, 0.15) is 96.8 Å². The molecule has 0 saturated carbocycles. The Bertz CT molecular complexity index is 593. The molecule has 0 rings (SSSR count). The van der Waals surface area contributed by atoms with Crippen LogP contribution in [0.2, 0.25) is 0 Å². The molecule has 0 aliphatic carbocycles. The molecule has 0 spiro atoms. The molecule has 0 amide bonds. The number of unbranched alkanes of at least 4 members (excludes halogenated alkanes) is 11. The van der Waals surface area contributed by atoms with E-state index in [4.69, 9.17) is 13.8 Å². The molecule has 0 aromatic heterocycles. The van der Waals surface area contributed by atoms with E-state index < -0.39 is 33.1 Å². The summed E-state index contributed by atoms with van der Waals surface area (Å²) in [6.07, 6.45) is 19.1. The van der Waals surface area contributed by atoms with Gasteiger partial charge in [-0.1, -0.05) is 70.4 Å². The van der Waals surface area contributed by atoms with Crippen LogP contribution in [0.3, 0.4) is 0 Å². The number of carbonyl (C=O) groups is 1. The van der Waals surface area contributed by atoms with Gasteiger partial charge in [0.2, 0.25) is 0 Å². The van der Waals surface area contributed by atoms with Crippen LogP contribution in [0, 0.1) is 0 Å². The molecule has 0 radical (unpaired) electrons. The van der Waals surface area contributed by atoms with E-state index >= 15 is 0 Å². The Morgan fingerprint density at radius 1 is 0.914 bits per heavy atom. The highest BCUT2D eigenvalue weighted by Crippen LogP contribution is 2.38. The first-order chi connectivity index (χ1) is 16.6. The van der Waals surface area contributed by atoms with Gasteiger partial charge < -0.3 is 28.3 Å². The van der Waals surface area contributed by atoms with E-state index in [1.54, 1.807) is 0 Å². The molecule has 2 atom stereocenters. The predicted molar refractivity (Wildman–Crippen MR) is 139 cm³/mol. The van der Waals surface area contributed by atoms with Crippen LogP contribution in [-0.2, 0) is 23.1 Å². The van der Waals surface area contributed by atoms with Gasteiger partial charge in [0.15, 0.2) is 0 Å². The third-order valence-electron chi connectivity index (χ3n) is 5.57. The number of nitrogens with zero attached hydrogens (tertiary/aromatic N) is 1. The van der Waals surface area contributed by atoms with E-state index in [9.17, 15) is 19.4 Å². The van der Waals surface area contributed by atoms with E-state index in [0.29, 0.717) is 17.4 Å². The molecule has 0 aliphatic rings. The van der Waals surface area contributed by atoms with Gasteiger partial charge in [-0.05, 0) is 32.1 Å². The highest BCUT2D eigenvalue weighted by atomic mass is 31.2. The van der Waals surface area contributed by atoms with Gasteiger partial charge in [-0.3, -0.25) is 9.36 Å². The summed E-state index contributed by atoms with van der Waals surface area (Å²) in [7, 11) is 1.23. The van der Waals surface area contributed by atoms with Crippen molar-refractivity contribution in [2.75, 3.05) is 47.5 Å². The standard InChI is InChI=1S/C26H52NO7P/c1-5-6-7-8-9-10-11-12-13-14-15-16-17-18-19-20-26(29)34-25(23-28)24-33-35(30,31)32-22-21-27(2,3)4/h12-13,25,28H,5-11,14-24H2,1-4H3/b13-12+/t25-/m0/s1. The van der Waals surface area contributed by atoms with Crippen LogP contribution in [0.25, 0.3) is 0 Å². The van der Waals surface area contributed by atoms with Crippen LogP contribution < -0.4 is 4.89 Å². The molecule has 8 nitrogen and oxygen atoms in total. The molecule has 0 fully saturated rings. The van der Waals surface area contributed by atoms with Gasteiger partial charge in [0.25, 0.3) is 7.82 Å². The van der Waals surface area contributed by atoms with Crippen molar-refractivity contribution in [2.24, 2.45) is 0 Å². The number of likely N-dealkylation sites (N-methyl/N-ethyl adjacent to an activating group) is 1. The average Bonchev–Trinajstić information content (AvgIpc) is 2.78. The minimum absolute atomic E-state index is 0.0106. The molecule has 0 aromatic rings. The molecule has 35 heavy (non-hydrogen) atoms. The van der Waals surface area contributed by atoms with E-state index in [2.05, 4.69) is 19.1 Å². The summed E-state index contributed by atoms with van der Waals surface area (Å²) in [5.74, 6) is -0.461. The minimum Gasteiger partial charge on any atom is -0.756 e. The summed E-state index contributed by atoms with van der Waals surface area (Å²) in [5, 5.41) is 9.36. The Morgan fingerprint density at radius 3 is 2.00 bits per heavy atom. The average molecular weight is 522 g/mol. The maximum absolute atomic E-state index is 12.0. The zero-order valence-electron chi connectivity index (χ0n) is 22.8. The summed E-state index contributed by atoms with van der Waals surface area (Å²) in [6, 6.07) is 0. The van der Waals surface area contributed by atoms with Gasteiger partial charge >= 0.3 is 5.97 Å². The molecule has 208 valence electrons. The fourth-order valence-corrected chi connectivity index (χ4v) is 4.08. The van der Waals surface area contributed by atoms with Gasteiger partial charge in [-0.25, -0.2) is 0 Å². The zero-order valence-corrected chi connectivity index (χ0v) is 23.6. The Morgan fingerprint density at radius 2 is 1.46 bits per heavy atom. The maximum atomic E-state index is 12.0. The van der Waals surface area contributed by atoms with E-state index in [1.807, 2.05) is 21.1 Å². The number of aliphatic hydroxyl groups is 1. The topological polar surface area (TPSA) is 105 Å². The van der Waals surface area contributed by atoms with Crippen LogP contribution in [-0.4, -0.2) is 69.2 Å². The third-order valence-corrected chi connectivity index (χ3v) is 6.54. The first kappa shape index (κ1) is 34.2. The molecule has 0 saturated heterocycles. The summed E-state index contributed by atoms with van der Waals surface area (Å²) < 4.78 is 27.0. The van der Waals surface area contributed by atoms with Crippen molar-refractivity contribution in [2.45, 2.75) is 103 Å². The van der Waals surface area contributed by atoms with E-state index in [1.165, 1.54) is 44.9 Å². The number of quaternary nitrogens is 1. The quantitative estimate of drug-likeness (QED) is 0.0617. The van der Waals surface area contributed by atoms with Crippen LogP contribution in [0.15, 0.2) is 12.2 Å². The lowest BCUT2D eigenvalue weighted by Crippen LogP contribution is -2.37. The second kappa shape index (κ2) is 21.3. The van der Waals surface area contributed by atoms with Crippen LogP contribution in [0.5, 0.6) is 0 Å². The fourth-order valence-electron chi connectivity index (χ4n) is 3.35. The molecule has 0 bridgehead atoms. The number of phosphoric acid groups is 1. The van der Waals surface area contributed by atoms with Crippen LogP contribution >= 0.6 is 7.82 Å². The molecule has 0 aliphatic heterocycles. The lowest BCUT2D eigenvalue weighted by molar-refractivity contribution is -0.870. The summed E-state index contributed by atoms with van der Waals surface area (Å²) in [4.78, 5) is 23.8. The summed E-state index contributed by atoms with van der Waals surface area (Å²) in [5.41, 5.74) is 0. The number of carbonyl (C=O) groups excluding carboxylic acids is 1. The normalized spacial score (nSPS) is 14.8. The number of allylic oxidation sites excluding steroid dienone is 2. The van der Waals surface area contributed by atoms with E-state index in [-0.39, 0.29) is 13.0 Å². The Hall–Kier alpha value is -0.760. The number of ether oxygens (including phenoxy) is 1. The van der Waals surface area contributed by atoms with Crippen LogP contribution in [0.4, 0.5) is 0 Å². The second-order valence-corrected chi connectivity index (χ2v) is 11.6. The lowest BCUT2D eigenvalue weighted by atomic mass is 10.1. The van der Waals surface area contributed by atoms with Crippen molar-refractivity contribution >= 4 is 13.8 Å². The number of esters is 1. The maximum Gasteiger partial charge on any atom is 0.306 e. The van der Waals surface area contributed by atoms with Crippen molar-refractivity contribution in [1.29, 1.82) is 0 Å². The van der Waals surface area contributed by atoms with Gasteiger partial charge in [0.05, 0.1) is 34.4 Å². The van der Waals surface area contributed by atoms with Crippen molar-refractivity contribution in [3.63, 3.8) is 0 Å². The molecular formula is C26H52NO7P. The number of rotatable bonds is 24. The highest BCUT2D eigenvalue weighted by molar-refractivity contribution is 7.45. The minimum atomic E-state index is -4.51. The smallest absolute Gasteiger partial charge is 0.306 e. The first-order valence-corrected chi connectivity index (χ1v) is 14.9. The molecule has 1 N–H and O–H groups in total. The van der Waals surface area contributed by atoms with Gasteiger partial charge in [0.1, 0.15) is 19.3 Å². The van der Waals surface area contributed by atoms with Crippen molar-refractivity contribution < 1.29 is 37.6 Å². The number of hydrogen-bond donors (Lipinski definition) is 1. The summed E-state index contributed by atoms with van der Waals surface area (Å²) in [6.45, 7) is 1.75. The largest absolute Gasteiger partial charge is 0.756 e.